The van der Waals surface area contributed by atoms with E-state index in [1.807, 2.05) is 0 Å². The quantitative estimate of drug-likeness (QED) is 0.828. The maximum atomic E-state index is 12.1. The summed E-state index contributed by atoms with van der Waals surface area (Å²) in [6.45, 7) is 0. The van der Waals surface area contributed by atoms with Crippen LogP contribution in [0.1, 0.15) is 11.3 Å². The molecular formula is C9H7ClF3NO4. The van der Waals surface area contributed by atoms with Crippen LogP contribution in [0.25, 0.3) is 0 Å². The first-order valence-electron chi connectivity index (χ1n) is 4.47. The molecule has 100 valence electrons. The highest BCUT2D eigenvalue weighted by atomic mass is 35.5. The molecule has 0 aliphatic heterocycles. The number of carboxylic acid groups (broad SMARTS) is 1. The molecule has 1 rings (SSSR count). The van der Waals surface area contributed by atoms with Crippen molar-refractivity contribution >= 4 is 17.6 Å². The Hall–Kier alpha value is -1.70. The molecule has 0 atom stereocenters. The second-order valence-corrected chi connectivity index (χ2v) is 3.42. The van der Waals surface area contributed by atoms with Gasteiger partial charge in [0.05, 0.1) is 24.2 Å². The molecule has 0 spiro atoms. The predicted molar refractivity (Wildman–Crippen MR) is 53.5 cm³/mol. The van der Waals surface area contributed by atoms with Gasteiger partial charge < -0.3 is 14.9 Å². The maximum Gasteiger partial charge on any atom is 0.573 e. The Morgan fingerprint density at radius 1 is 1.50 bits per heavy atom. The lowest BCUT2D eigenvalue weighted by Gasteiger charge is -2.15. The van der Waals surface area contributed by atoms with Crippen molar-refractivity contribution in [3.8, 4) is 11.5 Å². The molecular weight excluding hydrogens is 279 g/mol. The number of carbonyl (C=O) groups is 1. The van der Waals surface area contributed by atoms with E-state index in [1.54, 1.807) is 0 Å². The van der Waals surface area contributed by atoms with E-state index in [2.05, 4.69) is 9.72 Å². The number of nitrogens with zero attached hydrogens (tertiary/aromatic N) is 1. The second kappa shape index (κ2) is 5.30. The zero-order valence-electron chi connectivity index (χ0n) is 8.66. The minimum absolute atomic E-state index is 0.101. The van der Waals surface area contributed by atoms with Gasteiger partial charge in [-0.25, -0.2) is 0 Å². The molecule has 0 aliphatic rings. The molecule has 0 bridgehead atoms. The van der Waals surface area contributed by atoms with E-state index in [0.717, 1.165) is 0 Å². The SMILES string of the molecule is O=C(O)Cc1c(CCl)ncc(O)c1OC(F)(F)F. The lowest BCUT2D eigenvalue weighted by atomic mass is 10.1. The Kier molecular flexibility index (Phi) is 4.23. The van der Waals surface area contributed by atoms with Crippen molar-refractivity contribution < 1.29 is 32.9 Å². The maximum absolute atomic E-state index is 12.1. The molecule has 18 heavy (non-hydrogen) atoms. The largest absolute Gasteiger partial charge is 0.573 e. The predicted octanol–water partition coefficient (Wildman–Crippen LogP) is 2.05. The lowest BCUT2D eigenvalue weighted by Crippen LogP contribution is -2.19. The third-order valence-corrected chi connectivity index (χ3v) is 2.12. The van der Waals surface area contributed by atoms with Crippen molar-refractivity contribution in [1.29, 1.82) is 0 Å². The van der Waals surface area contributed by atoms with Gasteiger partial charge >= 0.3 is 12.3 Å². The lowest BCUT2D eigenvalue weighted by molar-refractivity contribution is -0.275. The van der Waals surface area contributed by atoms with Crippen molar-refractivity contribution in [2.75, 3.05) is 0 Å². The van der Waals surface area contributed by atoms with E-state index in [-0.39, 0.29) is 11.6 Å². The first-order valence-corrected chi connectivity index (χ1v) is 5.01. The Morgan fingerprint density at radius 2 is 2.11 bits per heavy atom. The first kappa shape index (κ1) is 14.4. The molecule has 0 aromatic carbocycles. The van der Waals surface area contributed by atoms with Crippen LogP contribution in [0.5, 0.6) is 11.5 Å². The van der Waals surface area contributed by atoms with Gasteiger partial charge in [-0.3, -0.25) is 9.78 Å². The number of alkyl halides is 4. The minimum Gasteiger partial charge on any atom is -0.503 e. The number of aromatic hydroxyl groups is 1. The van der Waals surface area contributed by atoms with E-state index < -0.39 is 35.8 Å². The minimum atomic E-state index is -5.06. The molecule has 1 aromatic rings. The Bertz CT molecular complexity index is 464. The van der Waals surface area contributed by atoms with E-state index in [1.165, 1.54) is 0 Å². The number of ether oxygens (including phenoxy) is 1. The van der Waals surface area contributed by atoms with Crippen LogP contribution in [0.4, 0.5) is 13.2 Å². The average molecular weight is 286 g/mol. The number of carboxylic acids is 1. The molecule has 0 saturated heterocycles. The van der Waals surface area contributed by atoms with Gasteiger partial charge in [0.2, 0.25) is 0 Å². The normalized spacial score (nSPS) is 11.3. The number of halogens is 4. The summed E-state index contributed by atoms with van der Waals surface area (Å²) in [5.74, 6) is -3.61. The van der Waals surface area contributed by atoms with Crippen molar-refractivity contribution in [3.05, 3.63) is 17.5 Å². The van der Waals surface area contributed by atoms with Crippen molar-refractivity contribution in [2.45, 2.75) is 18.7 Å². The van der Waals surface area contributed by atoms with Crippen LogP contribution in [0.2, 0.25) is 0 Å². The fourth-order valence-electron chi connectivity index (χ4n) is 1.24. The third kappa shape index (κ3) is 3.66. The summed E-state index contributed by atoms with van der Waals surface area (Å²) in [7, 11) is 0. The van der Waals surface area contributed by atoms with Crippen molar-refractivity contribution in [3.63, 3.8) is 0 Å². The summed E-state index contributed by atoms with van der Waals surface area (Å²) >= 11 is 5.44. The van der Waals surface area contributed by atoms with Crippen LogP contribution in [0, 0.1) is 0 Å². The van der Waals surface area contributed by atoms with Crippen LogP contribution < -0.4 is 4.74 Å². The van der Waals surface area contributed by atoms with Crippen LogP contribution in [0.15, 0.2) is 6.20 Å². The topological polar surface area (TPSA) is 79.7 Å². The summed E-state index contributed by atoms with van der Waals surface area (Å²) in [5, 5.41) is 17.9. The Balaban J connectivity index is 3.31. The fraction of sp³-hybridized carbons (Fsp3) is 0.333. The number of pyridine rings is 1. The summed E-state index contributed by atoms with van der Waals surface area (Å²) in [6.07, 6.45) is -5.14. The van der Waals surface area contributed by atoms with Crippen molar-refractivity contribution in [2.24, 2.45) is 0 Å². The number of aromatic nitrogens is 1. The Labute approximate surface area is 104 Å². The first-order chi connectivity index (χ1) is 8.24. The van der Waals surface area contributed by atoms with Crippen LogP contribution in [0.3, 0.4) is 0 Å². The third-order valence-electron chi connectivity index (χ3n) is 1.87. The second-order valence-electron chi connectivity index (χ2n) is 3.15. The number of hydrogen-bond acceptors (Lipinski definition) is 4. The monoisotopic (exact) mass is 285 g/mol. The standard InChI is InChI=1S/C9H7ClF3NO4/c10-2-5-4(1-7(16)17)8(6(15)3-14-5)18-9(11,12)13/h3,15H,1-2H2,(H,16,17). The van der Waals surface area contributed by atoms with Gasteiger partial charge in [-0.2, -0.15) is 0 Å². The molecule has 0 unspecified atom stereocenters. The van der Waals surface area contributed by atoms with E-state index >= 15 is 0 Å². The zero-order valence-corrected chi connectivity index (χ0v) is 9.42. The van der Waals surface area contributed by atoms with Gasteiger partial charge in [0.1, 0.15) is 0 Å². The van der Waals surface area contributed by atoms with Crippen LogP contribution >= 0.6 is 11.6 Å². The molecule has 1 aromatic heterocycles. The molecule has 0 amide bonds. The smallest absolute Gasteiger partial charge is 0.503 e. The number of rotatable bonds is 4. The van der Waals surface area contributed by atoms with Gasteiger partial charge in [-0.05, 0) is 0 Å². The summed E-state index contributed by atoms with van der Waals surface area (Å²) in [6, 6.07) is 0. The molecule has 0 saturated carbocycles. The molecule has 1 heterocycles. The zero-order chi connectivity index (χ0) is 13.9. The molecule has 0 fully saturated rings. The summed E-state index contributed by atoms with van der Waals surface area (Å²) in [4.78, 5) is 14.1. The summed E-state index contributed by atoms with van der Waals surface area (Å²) < 4.78 is 40.0. The van der Waals surface area contributed by atoms with Gasteiger partial charge in [0.25, 0.3) is 0 Å². The molecule has 0 aliphatic carbocycles. The molecule has 0 radical (unpaired) electrons. The highest BCUT2D eigenvalue weighted by Crippen LogP contribution is 2.36. The number of hydrogen-bond donors (Lipinski definition) is 2. The fourth-order valence-corrected chi connectivity index (χ4v) is 1.47. The Morgan fingerprint density at radius 3 is 2.56 bits per heavy atom. The van der Waals surface area contributed by atoms with E-state index in [4.69, 9.17) is 16.7 Å². The number of aliphatic carboxylic acids is 1. The van der Waals surface area contributed by atoms with Crippen LogP contribution in [-0.2, 0) is 17.1 Å². The molecule has 2 N–H and O–H groups in total. The van der Waals surface area contributed by atoms with Gasteiger partial charge in [0.15, 0.2) is 11.5 Å². The molecule has 9 heteroatoms. The van der Waals surface area contributed by atoms with Gasteiger partial charge in [-0.1, -0.05) is 0 Å². The van der Waals surface area contributed by atoms with Gasteiger partial charge in [0, 0.05) is 5.56 Å². The van der Waals surface area contributed by atoms with Crippen LogP contribution in [-0.4, -0.2) is 27.5 Å². The van der Waals surface area contributed by atoms with E-state index in [9.17, 15) is 23.1 Å². The highest BCUT2D eigenvalue weighted by Gasteiger charge is 2.34. The summed E-state index contributed by atoms with van der Waals surface area (Å²) in [5.41, 5.74) is -0.508. The van der Waals surface area contributed by atoms with Crippen molar-refractivity contribution in [1.82, 2.24) is 4.98 Å². The highest BCUT2D eigenvalue weighted by molar-refractivity contribution is 6.17. The molecule has 5 nitrogen and oxygen atoms in total. The van der Waals surface area contributed by atoms with Gasteiger partial charge in [-0.15, -0.1) is 24.8 Å². The van der Waals surface area contributed by atoms with E-state index in [0.29, 0.717) is 6.20 Å². The average Bonchev–Trinajstić information content (AvgIpc) is 2.21.